The van der Waals surface area contributed by atoms with Crippen LogP contribution in [-0.2, 0) is 9.59 Å². The van der Waals surface area contributed by atoms with Crippen molar-refractivity contribution in [3.63, 3.8) is 0 Å². The molecule has 1 N–H and O–H groups in total. The average molecular weight is 479 g/mol. The molecule has 8 heteroatoms. The third-order valence-corrected chi connectivity index (χ3v) is 5.58. The van der Waals surface area contributed by atoms with Crippen molar-refractivity contribution in [3.8, 4) is 11.8 Å². The molecule has 0 bridgehead atoms. The first-order valence-corrected chi connectivity index (χ1v) is 9.94. The van der Waals surface area contributed by atoms with Gasteiger partial charge in [0.15, 0.2) is 0 Å². The number of aliphatic hydroxyl groups excluding tert-OH is 1. The van der Waals surface area contributed by atoms with Crippen molar-refractivity contribution in [2.75, 3.05) is 12.0 Å². The number of amides is 1. The van der Waals surface area contributed by atoms with Gasteiger partial charge in [-0.3, -0.25) is 14.5 Å². The molecule has 7 nitrogen and oxygen atoms in total. The van der Waals surface area contributed by atoms with Crippen molar-refractivity contribution in [3.05, 3.63) is 87.8 Å². The zero-order chi connectivity index (χ0) is 22.1. The van der Waals surface area contributed by atoms with Gasteiger partial charge in [0.05, 0.1) is 35.1 Å². The summed E-state index contributed by atoms with van der Waals surface area (Å²) in [6, 6.07) is 15.4. The Morgan fingerprint density at radius 3 is 2.52 bits per heavy atom. The fourth-order valence-corrected chi connectivity index (χ4v) is 4.02. The molecular weight excluding hydrogens is 464 g/mol. The summed E-state index contributed by atoms with van der Waals surface area (Å²) in [5.74, 6) is -1.11. The fraction of sp³-hybridized carbons (Fsp3) is 0.0870. The van der Waals surface area contributed by atoms with Crippen molar-refractivity contribution in [2.24, 2.45) is 0 Å². The maximum atomic E-state index is 13.0. The number of aliphatic hydroxyl groups is 1. The van der Waals surface area contributed by atoms with Crippen LogP contribution in [0.25, 0.3) is 5.76 Å². The third kappa shape index (κ3) is 3.49. The number of carbonyl (C=O) groups is 2. The molecule has 154 valence electrons. The van der Waals surface area contributed by atoms with E-state index in [0.717, 1.165) is 0 Å². The van der Waals surface area contributed by atoms with E-state index in [9.17, 15) is 14.7 Å². The number of nitriles is 1. The van der Waals surface area contributed by atoms with Gasteiger partial charge >= 0.3 is 0 Å². The first-order chi connectivity index (χ1) is 15.0. The number of Topliss-reactive ketones (excluding diaryl/α,β-unsaturated/α-hetero) is 1. The van der Waals surface area contributed by atoms with Gasteiger partial charge in [0, 0.05) is 11.3 Å². The highest BCUT2D eigenvalue weighted by Gasteiger charge is 2.48. The highest BCUT2D eigenvalue weighted by Crippen LogP contribution is 2.42. The first kappa shape index (κ1) is 20.4. The zero-order valence-electron chi connectivity index (χ0n) is 16.2. The Labute approximate surface area is 185 Å². The Morgan fingerprint density at radius 1 is 1.19 bits per heavy atom. The minimum absolute atomic E-state index is 0.0959. The highest BCUT2D eigenvalue weighted by molar-refractivity contribution is 9.10. The van der Waals surface area contributed by atoms with Gasteiger partial charge in [0.25, 0.3) is 11.7 Å². The van der Waals surface area contributed by atoms with Crippen molar-refractivity contribution in [2.45, 2.75) is 6.04 Å². The molecule has 0 radical (unpaired) electrons. The molecule has 0 aliphatic carbocycles. The first-order valence-electron chi connectivity index (χ1n) is 9.14. The number of carbonyl (C=O) groups excluding carboxylic acids is 2. The molecule has 31 heavy (non-hydrogen) atoms. The van der Waals surface area contributed by atoms with Crippen molar-refractivity contribution < 1.29 is 23.8 Å². The van der Waals surface area contributed by atoms with E-state index in [0.29, 0.717) is 32.8 Å². The van der Waals surface area contributed by atoms with Crippen LogP contribution in [0, 0.1) is 11.3 Å². The van der Waals surface area contributed by atoms with Gasteiger partial charge in [-0.2, -0.15) is 5.26 Å². The summed E-state index contributed by atoms with van der Waals surface area (Å²) in [6.45, 7) is 0. The molecule has 2 heterocycles. The second kappa shape index (κ2) is 8.13. The van der Waals surface area contributed by atoms with E-state index in [1.165, 1.54) is 18.3 Å². The molecule has 1 amide bonds. The van der Waals surface area contributed by atoms with Crippen LogP contribution in [0.1, 0.15) is 22.9 Å². The minimum Gasteiger partial charge on any atom is -0.507 e. The van der Waals surface area contributed by atoms with Crippen LogP contribution < -0.4 is 9.64 Å². The van der Waals surface area contributed by atoms with Crippen LogP contribution in [0.5, 0.6) is 5.75 Å². The molecule has 1 atom stereocenters. The second-order valence-corrected chi connectivity index (χ2v) is 7.55. The minimum atomic E-state index is -0.969. The molecule has 1 fully saturated rings. The number of nitrogens with zero attached hydrogens (tertiary/aromatic N) is 2. The van der Waals surface area contributed by atoms with Gasteiger partial charge in [-0.05, 0) is 70.5 Å². The number of anilines is 1. The van der Waals surface area contributed by atoms with Gasteiger partial charge in [0.2, 0.25) is 0 Å². The Hall–Kier alpha value is -3.83. The molecular formula is C23H15BrN2O5. The van der Waals surface area contributed by atoms with Gasteiger partial charge in [-0.25, -0.2) is 0 Å². The lowest BCUT2D eigenvalue weighted by atomic mass is 9.99. The lowest BCUT2D eigenvalue weighted by Gasteiger charge is -2.23. The number of ketones is 1. The largest absolute Gasteiger partial charge is 0.507 e. The van der Waals surface area contributed by atoms with Crippen LogP contribution in [0.2, 0.25) is 0 Å². The zero-order valence-corrected chi connectivity index (χ0v) is 17.8. The molecule has 0 saturated carbocycles. The van der Waals surface area contributed by atoms with E-state index in [4.69, 9.17) is 14.4 Å². The highest BCUT2D eigenvalue weighted by atomic mass is 79.9. The van der Waals surface area contributed by atoms with Gasteiger partial charge in [-0.15, -0.1) is 0 Å². The maximum absolute atomic E-state index is 13.0. The van der Waals surface area contributed by atoms with E-state index in [-0.39, 0.29) is 11.3 Å². The van der Waals surface area contributed by atoms with Crippen molar-refractivity contribution >= 4 is 39.1 Å². The van der Waals surface area contributed by atoms with Gasteiger partial charge in [-0.1, -0.05) is 0 Å². The van der Waals surface area contributed by atoms with Crippen LogP contribution in [0.15, 0.2) is 75.3 Å². The van der Waals surface area contributed by atoms with Crippen molar-refractivity contribution in [1.29, 1.82) is 5.26 Å². The summed E-state index contributed by atoms with van der Waals surface area (Å²) in [5, 5.41) is 20.1. The van der Waals surface area contributed by atoms with Crippen LogP contribution in [0.3, 0.4) is 0 Å². The summed E-state index contributed by atoms with van der Waals surface area (Å²) < 4.78 is 11.3. The predicted molar refractivity (Wildman–Crippen MR) is 115 cm³/mol. The van der Waals surface area contributed by atoms with E-state index in [2.05, 4.69) is 15.9 Å². The summed E-state index contributed by atoms with van der Waals surface area (Å²) in [6.07, 6.45) is 1.43. The molecule has 0 spiro atoms. The lowest BCUT2D eigenvalue weighted by Crippen LogP contribution is -2.29. The van der Waals surface area contributed by atoms with Gasteiger partial charge in [0.1, 0.15) is 23.3 Å². The summed E-state index contributed by atoms with van der Waals surface area (Å²) >= 11 is 3.36. The number of ether oxygens (including phenoxy) is 1. The second-order valence-electron chi connectivity index (χ2n) is 6.69. The Kier molecular flexibility index (Phi) is 5.36. The normalized spacial score (nSPS) is 17.6. The SMILES string of the molecule is COc1ccc(/C(O)=C2/C(=O)C(=O)N(c3ccc(C#N)cc3)C2c2ccco2)cc1Br. The molecule has 1 aliphatic rings. The summed E-state index contributed by atoms with van der Waals surface area (Å²) in [4.78, 5) is 27.2. The van der Waals surface area contributed by atoms with E-state index < -0.39 is 17.7 Å². The summed E-state index contributed by atoms with van der Waals surface area (Å²) in [7, 11) is 1.51. The number of furan rings is 1. The Balaban J connectivity index is 1.89. The quantitative estimate of drug-likeness (QED) is 0.335. The molecule has 3 aromatic rings. The number of halogens is 1. The van der Waals surface area contributed by atoms with E-state index in [1.54, 1.807) is 54.6 Å². The molecule has 1 saturated heterocycles. The Bertz CT molecular complexity index is 1240. The van der Waals surface area contributed by atoms with Crippen LogP contribution in [0.4, 0.5) is 5.69 Å². The Morgan fingerprint density at radius 2 is 1.94 bits per heavy atom. The topological polar surface area (TPSA) is 104 Å². The number of hydrogen-bond acceptors (Lipinski definition) is 6. The van der Waals surface area contributed by atoms with E-state index >= 15 is 0 Å². The third-order valence-electron chi connectivity index (χ3n) is 4.96. The predicted octanol–water partition coefficient (Wildman–Crippen LogP) is 4.55. The van der Waals surface area contributed by atoms with Crippen molar-refractivity contribution in [1.82, 2.24) is 0 Å². The van der Waals surface area contributed by atoms with Crippen LogP contribution >= 0.6 is 15.9 Å². The standard InChI is InChI=1S/C23H15BrN2O5/c1-30-17-9-6-14(11-16(17)24)21(27)19-20(18-3-2-10-31-18)26(23(29)22(19)28)15-7-4-13(12-25)5-8-15/h2-11,20,27H,1H3/b21-19-. The lowest BCUT2D eigenvalue weighted by molar-refractivity contribution is -0.132. The smallest absolute Gasteiger partial charge is 0.300 e. The number of benzene rings is 2. The average Bonchev–Trinajstić information content (AvgIpc) is 3.40. The maximum Gasteiger partial charge on any atom is 0.300 e. The molecule has 2 aromatic carbocycles. The number of hydrogen-bond donors (Lipinski definition) is 1. The fourth-order valence-electron chi connectivity index (χ4n) is 3.48. The molecule has 1 unspecified atom stereocenters. The molecule has 1 aliphatic heterocycles. The number of rotatable bonds is 4. The van der Waals surface area contributed by atoms with E-state index in [1.807, 2.05) is 6.07 Å². The molecule has 4 rings (SSSR count). The summed E-state index contributed by atoms with van der Waals surface area (Å²) in [5.41, 5.74) is 1.05. The number of methoxy groups -OCH3 is 1. The van der Waals surface area contributed by atoms with Crippen LogP contribution in [-0.4, -0.2) is 23.9 Å². The van der Waals surface area contributed by atoms with Gasteiger partial charge < -0.3 is 14.3 Å². The molecule has 1 aromatic heterocycles. The monoisotopic (exact) mass is 478 g/mol.